The molecular weight excluding hydrogens is 445 g/mol. The molecule has 2 heterocycles. The van der Waals surface area contributed by atoms with Gasteiger partial charge < -0.3 is 10.6 Å². The van der Waals surface area contributed by atoms with Crippen LogP contribution in [-0.4, -0.2) is 16.7 Å². The number of benzene rings is 1. The van der Waals surface area contributed by atoms with Crippen LogP contribution in [0.3, 0.4) is 0 Å². The highest BCUT2D eigenvalue weighted by Crippen LogP contribution is 2.48. The largest absolute Gasteiger partial charge is 0.362 e. The lowest BCUT2D eigenvalue weighted by molar-refractivity contribution is -0.118. The average molecular weight is 470 g/mol. The lowest BCUT2D eigenvalue weighted by Gasteiger charge is -2.39. The quantitative estimate of drug-likeness (QED) is 0.583. The van der Waals surface area contributed by atoms with Crippen molar-refractivity contribution in [3.05, 3.63) is 80.2 Å². The number of aryl methyl sites for hydroxylation is 1. The predicted octanol–water partition coefficient (Wildman–Crippen LogP) is 5.94. The average Bonchev–Trinajstić information content (AvgIpc) is 2.67. The Hall–Kier alpha value is -2.63. The number of dihydropyridines is 1. The maximum Gasteiger partial charge on any atom is 0.255 e. The first-order valence-electron chi connectivity index (χ1n) is 10.5. The summed E-state index contributed by atoms with van der Waals surface area (Å²) in [7, 11) is 0. The number of allylic oxidation sites excluding steroid dienone is 3. The van der Waals surface area contributed by atoms with Crippen LogP contribution >= 0.6 is 23.2 Å². The van der Waals surface area contributed by atoms with E-state index in [1.54, 1.807) is 30.5 Å². The van der Waals surface area contributed by atoms with Crippen LogP contribution in [0.4, 0.5) is 5.82 Å². The summed E-state index contributed by atoms with van der Waals surface area (Å²) in [6.45, 7) is 7.93. The number of Topliss-reactive ketones (excluding diaryl/α,β-unsaturated/α-hetero) is 1. The second kappa shape index (κ2) is 8.38. The van der Waals surface area contributed by atoms with Crippen LogP contribution in [0.1, 0.15) is 50.7 Å². The molecule has 1 aromatic carbocycles. The van der Waals surface area contributed by atoms with Crippen molar-refractivity contribution in [3.63, 3.8) is 0 Å². The number of carbonyl (C=O) groups excluding carboxylic acids is 2. The zero-order chi connectivity index (χ0) is 23.2. The predicted molar refractivity (Wildman–Crippen MR) is 128 cm³/mol. The third-order valence-corrected chi connectivity index (χ3v) is 6.47. The highest BCUT2D eigenvalue weighted by atomic mass is 35.5. The summed E-state index contributed by atoms with van der Waals surface area (Å²) in [5.41, 5.74) is 4.10. The SMILES string of the molecule is CC1=C(C(=O)Nc2ccc(C)cn2)[C@H](c2ccc(Cl)cc2Cl)C2=C(CC(C)(C)CC2=O)N1. The van der Waals surface area contributed by atoms with Crippen LogP contribution in [0.5, 0.6) is 0 Å². The smallest absolute Gasteiger partial charge is 0.255 e. The number of halogens is 2. The van der Waals surface area contributed by atoms with E-state index >= 15 is 0 Å². The second-order valence-corrected chi connectivity index (χ2v) is 10.1. The summed E-state index contributed by atoms with van der Waals surface area (Å²) in [6, 6.07) is 8.80. The molecule has 1 amide bonds. The van der Waals surface area contributed by atoms with Crippen molar-refractivity contribution in [3.8, 4) is 0 Å². The first kappa shape index (κ1) is 22.6. The Kier molecular flexibility index (Phi) is 5.91. The third kappa shape index (κ3) is 4.32. The van der Waals surface area contributed by atoms with Crippen molar-refractivity contribution in [1.29, 1.82) is 0 Å². The number of nitrogens with zero attached hydrogens (tertiary/aromatic N) is 1. The zero-order valence-corrected chi connectivity index (χ0v) is 20.0. The Labute approximate surface area is 197 Å². The third-order valence-electron chi connectivity index (χ3n) is 5.91. The van der Waals surface area contributed by atoms with Crippen molar-refractivity contribution >= 4 is 40.7 Å². The summed E-state index contributed by atoms with van der Waals surface area (Å²) < 4.78 is 0. The van der Waals surface area contributed by atoms with Gasteiger partial charge in [0.2, 0.25) is 0 Å². The number of amides is 1. The Morgan fingerprint density at radius 3 is 2.56 bits per heavy atom. The number of nitrogens with one attached hydrogen (secondary N) is 2. The summed E-state index contributed by atoms with van der Waals surface area (Å²) in [5.74, 6) is -0.458. The van der Waals surface area contributed by atoms with Gasteiger partial charge in [-0.05, 0) is 55.0 Å². The van der Waals surface area contributed by atoms with Gasteiger partial charge in [-0.15, -0.1) is 0 Å². The number of ketones is 1. The van der Waals surface area contributed by atoms with E-state index in [0.717, 1.165) is 11.3 Å². The Morgan fingerprint density at radius 2 is 1.91 bits per heavy atom. The van der Waals surface area contributed by atoms with Gasteiger partial charge in [0, 0.05) is 51.1 Å². The van der Waals surface area contributed by atoms with Crippen LogP contribution in [0.25, 0.3) is 0 Å². The summed E-state index contributed by atoms with van der Waals surface area (Å²) in [5, 5.41) is 7.14. The molecule has 1 atom stereocenters. The van der Waals surface area contributed by atoms with Gasteiger partial charge in [-0.25, -0.2) is 4.98 Å². The van der Waals surface area contributed by atoms with Crippen molar-refractivity contribution < 1.29 is 9.59 Å². The van der Waals surface area contributed by atoms with Crippen molar-refractivity contribution in [2.45, 2.75) is 46.5 Å². The van der Waals surface area contributed by atoms with Gasteiger partial charge in [0.15, 0.2) is 5.78 Å². The van der Waals surface area contributed by atoms with Gasteiger partial charge in [0.25, 0.3) is 5.91 Å². The summed E-state index contributed by atoms with van der Waals surface area (Å²) in [4.78, 5) is 31.1. The number of anilines is 1. The molecule has 2 aliphatic rings. The van der Waals surface area contributed by atoms with Crippen molar-refractivity contribution in [2.75, 3.05) is 5.32 Å². The zero-order valence-electron chi connectivity index (χ0n) is 18.5. The molecule has 1 aliphatic carbocycles. The molecule has 4 rings (SSSR count). The van der Waals surface area contributed by atoms with Crippen LogP contribution in [0, 0.1) is 12.3 Å². The highest BCUT2D eigenvalue weighted by molar-refractivity contribution is 6.35. The number of hydrogen-bond donors (Lipinski definition) is 2. The molecule has 0 bridgehead atoms. The van der Waals surface area contributed by atoms with Gasteiger partial charge in [0.1, 0.15) is 5.82 Å². The Morgan fingerprint density at radius 1 is 1.16 bits per heavy atom. The molecule has 2 N–H and O–H groups in total. The molecule has 5 nitrogen and oxygen atoms in total. The Balaban J connectivity index is 1.83. The monoisotopic (exact) mass is 469 g/mol. The van der Waals surface area contributed by atoms with Gasteiger partial charge >= 0.3 is 0 Å². The van der Waals surface area contributed by atoms with Gasteiger partial charge in [-0.3, -0.25) is 9.59 Å². The van der Waals surface area contributed by atoms with E-state index in [4.69, 9.17) is 23.2 Å². The van der Waals surface area contributed by atoms with Crippen LogP contribution < -0.4 is 10.6 Å². The standard InChI is InChI=1S/C25H25Cl2N3O2/c1-13-5-8-20(28-12-13)30-24(32)21-14(2)29-18-10-25(3,4)11-19(31)23(18)22(21)16-7-6-15(26)9-17(16)27/h5-9,12,22,29H,10-11H2,1-4H3,(H,28,30,32)/t22-/m0/s1. The fourth-order valence-corrected chi connectivity index (χ4v) is 5.03. The molecule has 0 saturated carbocycles. The number of hydrogen-bond acceptors (Lipinski definition) is 4. The second-order valence-electron chi connectivity index (χ2n) is 9.27. The van der Waals surface area contributed by atoms with Crippen molar-refractivity contribution in [1.82, 2.24) is 10.3 Å². The number of aromatic nitrogens is 1. The summed E-state index contributed by atoms with van der Waals surface area (Å²) >= 11 is 12.7. The lowest BCUT2D eigenvalue weighted by Crippen LogP contribution is -2.39. The van der Waals surface area contributed by atoms with E-state index < -0.39 is 5.92 Å². The number of rotatable bonds is 3. The minimum atomic E-state index is -0.593. The maximum absolute atomic E-state index is 13.5. The molecule has 32 heavy (non-hydrogen) atoms. The molecule has 1 aromatic heterocycles. The van der Waals surface area contributed by atoms with Crippen LogP contribution in [0.2, 0.25) is 10.0 Å². The van der Waals surface area contributed by atoms with E-state index in [1.165, 1.54) is 0 Å². The number of pyridine rings is 1. The Bertz CT molecular complexity index is 1180. The first-order valence-corrected chi connectivity index (χ1v) is 11.2. The molecule has 0 spiro atoms. The minimum absolute atomic E-state index is 0.0195. The normalized spacial score (nSPS) is 20.1. The molecule has 1 aliphatic heterocycles. The molecule has 0 radical (unpaired) electrons. The first-order chi connectivity index (χ1) is 15.1. The van der Waals surface area contributed by atoms with Gasteiger partial charge in [0.05, 0.1) is 0 Å². The maximum atomic E-state index is 13.5. The van der Waals surface area contributed by atoms with Crippen molar-refractivity contribution in [2.24, 2.45) is 5.41 Å². The van der Waals surface area contributed by atoms with Crippen LogP contribution in [-0.2, 0) is 9.59 Å². The topological polar surface area (TPSA) is 71.1 Å². The van der Waals surface area contributed by atoms with E-state index in [9.17, 15) is 9.59 Å². The van der Waals surface area contributed by atoms with E-state index in [-0.39, 0.29) is 17.1 Å². The molecule has 2 aromatic rings. The van der Waals surface area contributed by atoms with E-state index in [2.05, 4.69) is 29.5 Å². The molecule has 0 fully saturated rings. The minimum Gasteiger partial charge on any atom is -0.362 e. The molecule has 166 valence electrons. The van der Waals surface area contributed by atoms with Gasteiger partial charge in [-0.1, -0.05) is 49.2 Å². The molecule has 0 saturated heterocycles. The molecule has 0 unspecified atom stereocenters. The lowest BCUT2D eigenvalue weighted by atomic mass is 9.68. The summed E-state index contributed by atoms with van der Waals surface area (Å²) in [6.07, 6.45) is 2.81. The number of carbonyl (C=O) groups is 2. The fourth-order valence-electron chi connectivity index (χ4n) is 4.51. The van der Waals surface area contributed by atoms with Crippen LogP contribution in [0.15, 0.2) is 59.1 Å². The molecule has 7 heteroatoms. The fraction of sp³-hybridized carbons (Fsp3) is 0.320. The van der Waals surface area contributed by atoms with Gasteiger partial charge in [-0.2, -0.15) is 0 Å². The molecular formula is C25H25Cl2N3O2. The van der Waals surface area contributed by atoms with E-state index in [1.807, 2.05) is 19.9 Å². The highest BCUT2D eigenvalue weighted by Gasteiger charge is 2.43. The van der Waals surface area contributed by atoms with E-state index in [0.29, 0.717) is 51.1 Å².